The van der Waals surface area contributed by atoms with E-state index in [1.165, 1.54) is 12.0 Å². The topological polar surface area (TPSA) is 69.0 Å². The predicted octanol–water partition coefficient (Wildman–Crippen LogP) is 7.04. The summed E-state index contributed by atoms with van der Waals surface area (Å²) in [6.07, 6.45) is 5.10. The van der Waals surface area contributed by atoms with Gasteiger partial charge in [-0.3, -0.25) is 0 Å². The predicted molar refractivity (Wildman–Crippen MR) is 140 cm³/mol. The van der Waals surface area contributed by atoms with E-state index < -0.39 is 6.04 Å². The Balaban J connectivity index is 1.48. The molecule has 2 heterocycles. The van der Waals surface area contributed by atoms with Gasteiger partial charge in [0.1, 0.15) is 12.1 Å². The van der Waals surface area contributed by atoms with E-state index in [2.05, 4.69) is 17.4 Å². The number of carbonyl (C=O) groups is 1. The first-order valence-corrected chi connectivity index (χ1v) is 13.5. The molecule has 35 heavy (non-hydrogen) atoms. The highest BCUT2D eigenvalue weighted by atomic mass is 35.5. The van der Waals surface area contributed by atoms with Gasteiger partial charge in [-0.2, -0.15) is 4.98 Å². The summed E-state index contributed by atoms with van der Waals surface area (Å²) in [4.78, 5) is 18.2. The van der Waals surface area contributed by atoms with Crippen molar-refractivity contribution in [2.24, 2.45) is 0 Å². The average Bonchev–Trinajstić information content (AvgIpc) is 3.27. The molecule has 0 radical (unpaired) electrons. The van der Waals surface area contributed by atoms with Crippen LogP contribution in [0.15, 0.2) is 65.0 Å². The number of nitrogens with one attached hydrogen (secondary N) is 1. The molecular formula is C26H26Cl2N4O2S. The lowest BCUT2D eigenvalue weighted by Gasteiger charge is -2.30. The molecule has 3 aromatic rings. The molecule has 2 aromatic carbocycles. The lowest BCUT2D eigenvalue weighted by Crippen LogP contribution is -2.32. The van der Waals surface area contributed by atoms with Crippen LogP contribution in [0, 0.1) is 0 Å². The largest absolute Gasteiger partial charge is 0.459 e. The fraction of sp³-hybridized carbons (Fsp3) is 0.346. The number of carbonyl (C=O) groups excluding carboxylic acids is 1. The molecule has 6 nitrogen and oxygen atoms in total. The number of esters is 1. The van der Waals surface area contributed by atoms with E-state index in [-0.39, 0.29) is 12.1 Å². The fourth-order valence-corrected chi connectivity index (χ4v) is 5.66. The number of benzene rings is 2. The molecule has 1 atom stereocenters. The Hall–Kier alpha value is -2.48. The fourth-order valence-electron chi connectivity index (χ4n) is 4.57. The third kappa shape index (κ3) is 5.37. The van der Waals surface area contributed by atoms with E-state index in [1.54, 1.807) is 28.6 Å². The van der Waals surface area contributed by atoms with Gasteiger partial charge in [0.05, 0.1) is 15.6 Å². The van der Waals surface area contributed by atoms with Crippen LogP contribution in [0.1, 0.15) is 56.2 Å². The van der Waals surface area contributed by atoms with E-state index in [4.69, 9.17) is 38.0 Å². The van der Waals surface area contributed by atoms with E-state index >= 15 is 0 Å². The molecule has 1 N–H and O–H groups in total. The molecule has 1 fully saturated rings. The highest BCUT2D eigenvalue weighted by molar-refractivity contribution is 7.98. The maximum absolute atomic E-state index is 13.5. The molecular weight excluding hydrogens is 503 g/mol. The van der Waals surface area contributed by atoms with Crippen LogP contribution in [0.5, 0.6) is 0 Å². The molecule has 1 unspecified atom stereocenters. The zero-order chi connectivity index (χ0) is 24.4. The third-order valence-electron chi connectivity index (χ3n) is 6.35. The normalized spacial score (nSPS) is 18.2. The summed E-state index contributed by atoms with van der Waals surface area (Å²) in [5, 5.41) is 9.54. The van der Waals surface area contributed by atoms with Gasteiger partial charge in [0.25, 0.3) is 0 Å². The summed E-state index contributed by atoms with van der Waals surface area (Å²) >= 11 is 14.1. The number of anilines is 1. The van der Waals surface area contributed by atoms with E-state index in [0.717, 1.165) is 37.0 Å². The van der Waals surface area contributed by atoms with Crippen molar-refractivity contribution >= 4 is 46.9 Å². The van der Waals surface area contributed by atoms with Crippen LogP contribution in [-0.2, 0) is 15.3 Å². The molecule has 0 amide bonds. The van der Waals surface area contributed by atoms with Crippen molar-refractivity contribution in [2.75, 3.05) is 5.32 Å². The van der Waals surface area contributed by atoms with Crippen molar-refractivity contribution in [1.29, 1.82) is 0 Å². The monoisotopic (exact) mass is 528 g/mol. The highest BCUT2D eigenvalue weighted by Gasteiger charge is 2.36. The minimum atomic E-state index is -0.532. The van der Waals surface area contributed by atoms with Gasteiger partial charge in [-0.15, -0.1) is 5.10 Å². The Morgan fingerprint density at radius 2 is 1.89 bits per heavy atom. The number of halogens is 2. The van der Waals surface area contributed by atoms with Crippen LogP contribution in [0.2, 0.25) is 10.0 Å². The minimum Gasteiger partial charge on any atom is -0.459 e. The molecule has 0 bridgehead atoms. The second kappa shape index (κ2) is 10.6. The van der Waals surface area contributed by atoms with Gasteiger partial charge in [0.2, 0.25) is 11.1 Å². The van der Waals surface area contributed by atoms with Crippen molar-refractivity contribution in [3.63, 3.8) is 0 Å². The second-order valence-electron chi connectivity index (χ2n) is 8.84. The van der Waals surface area contributed by atoms with Crippen molar-refractivity contribution in [3.05, 3.63) is 81.0 Å². The number of allylic oxidation sites excluding steroid dienone is 1. The van der Waals surface area contributed by atoms with Crippen LogP contribution >= 0.6 is 35.0 Å². The summed E-state index contributed by atoms with van der Waals surface area (Å²) in [5.74, 6) is 0.978. The maximum atomic E-state index is 13.5. The molecule has 1 aliphatic carbocycles. The van der Waals surface area contributed by atoms with Crippen LogP contribution in [0.25, 0.3) is 0 Å². The van der Waals surface area contributed by atoms with Gasteiger partial charge in [0.15, 0.2) is 0 Å². The van der Waals surface area contributed by atoms with Crippen molar-refractivity contribution in [2.45, 2.75) is 62.1 Å². The van der Waals surface area contributed by atoms with E-state index in [0.29, 0.717) is 32.4 Å². The van der Waals surface area contributed by atoms with Gasteiger partial charge < -0.3 is 10.1 Å². The number of rotatable bonds is 6. The molecule has 9 heteroatoms. The summed E-state index contributed by atoms with van der Waals surface area (Å²) in [6.45, 7) is 1.87. The standard InChI is InChI=1S/C26H26Cl2N4O2S/c1-16-22(24(33)34-19-10-6-3-7-11-19)23(18-12-13-20(27)21(28)14-18)32-25(29-16)30-26(31-32)35-15-17-8-4-2-5-9-17/h2,4-5,8-9,12-14,19,23H,3,6-7,10-11,15H2,1H3,(H,29,30,31). The molecule has 0 saturated heterocycles. The van der Waals surface area contributed by atoms with Gasteiger partial charge in [0, 0.05) is 11.4 Å². The number of thioether (sulfide) groups is 1. The Morgan fingerprint density at radius 3 is 2.63 bits per heavy atom. The lowest BCUT2D eigenvalue weighted by molar-refractivity contribution is -0.146. The zero-order valence-electron chi connectivity index (χ0n) is 19.3. The summed E-state index contributed by atoms with van der Waals surface area (Å²) in [6, 6.07) is 15.0. The quantitative estimate of drug-likeness (QED) is 0.273. The van der Waals surface area contributed by atoms with Crippen LogP contribution in [-0.4, -0.2) is 26.8 Å². The Bertz CT molecular complexity index is 1260. The SMILES string of the molecule is CC1=C(C(=O)OC2CCCCC2)C(c2ccc(Cl)c(Cl)c2)n2nc(SCc3ccccc3)nc2N1. The van der Waals surface area contributed by atoms with Crippen molar-refractivity contribution in [1.82, 2.24) is 14.8 Å². The lowest BCUT2D eigenvalue weighted by atomic mass is 9.95. The van der Waals surface area contributed by atoms with Crippen LogP contribution in [0.4, 0.5) is 5.95 Å². The first-order valence-electron chi connectivity index (χ1n) is 11.8. The molecule has 1 aliphatic heterocycles. The number of ether oxygens (including phenoxy) is 1. The zero-order valence-corrected chi connectivity index (χ0v) is 21.7. The molecule has 1 saturated carbocycles. The first-order chi connectivity index (χ1) is 17.0. The van der Waals surface area contributed by atoms with Gasteiger partial charge in [-0.1, -0.05) is 77.8 Å². The van der Waals surface area contributed by atoms with E-state index in [1.807, 2.05) is 31.2 Å². The molecule has 182 valence electrons. The van der Waals surface area contributed by atoms with Crippen molar-refractivity contribution in [3.8, 4) is 0 Å². The summed E-state index contributed by atoms with van der Waals surface area (Å²) < 4.78 is 7.72. The third-order valence-corrected chi connectivity index (χ3v) is 8.00. The minimum absolute atomic E-state index is 0.0554. The summed E-state index contributed by atoms with van der Waals surface area (Å²) in [5.41, 5.74) is 3.18. The van der Waals surface area contributed by atoms with E-state index in [9.17, 15) is 4.79 Å². The van der Waals surface area contributed by atoms with Crippen molar-refractivity contribution < 1.29 is 9.53 Å². The maximum Gasteiger partial charge on any atom is 0.338 e. The number of aromatic nitrogens is 3. The van der Waals surface area contributed by atoms with Gasteiger partial charge in [-0.25, -0.2) is 9.48 Å². The Morgan fingerprint density at radius 1 is 1.11 bits per heavy atom. The highest BCUT2D eigenvalue weighted by Crippen LogP contribution is 2.39. The van der Waals surface area contributed by atoms with Gasteiger partial charge >= 0.3 is 5.97 Å². The molecule has 2 aliphatic rings. The van der Waals surface area contributed by atoms with Crippen LogP contribution in [0.3, 0.4) is 0 Å². The molecule has 5 rings (SSSR count). The average molecular weight is 529 g/mol. The molecule has 0 spiro atoms. The van der Waals surface area contributed by atoms with Gasteiger partial charge in [-0.05, 0) is 55.9 Å². The Kier molecular flexibility index (Phi) is 7.37. The molecule has 1 aromatic heterocycles. The number of fused-ring (bicyclic) bond motifs is 1. The van der Waals surface area contributed by atoms with Crippen LogP contribution < -0.4 is 5.32 Å². The Labute approximate surface area is 219 Å². The first kappa shape index (κ1) is 24.2. The summed E-state index contributed by atoms with van der Waals surface area (Å²) in [7, 11) is 0. The number of nitrogens with zero attached hydrogens (tertiary/aromatic N) is 3. The number of hydrogen-bond donors (Lipinski definition) is 1. The second-order valence-corrected chi connectivity index (χ2v) is 10.6. The smallest absolute Gasteiger partial charge is 0.338 e. The number of hydrogen-bond acceptors (Lipinski definition) is 6.